The quantitative estimate of drug-likeness (QED) is 0.413. The number of hydrogen-bond acceptors (Lipinski definition) is 3. The molecule has 11 heteroatoms. The maximum Gasteiger partial charge on any atom is 0.416 e. The molecule has 2 amide bonds. The Hall–Kier alpha value is -3.08. The number of fused-ring (bicyclic) bond motifs is 1. The standard InChI is InChI=1S/C27H27F6N3O2/c28-26(29,30)19-7-16(8-20(12-19)27(31,32)33)13-35-24(38)25(5-6-34-14-25)21(9-15-1-2-15)17-3-4-18-11-23(37)36-22(18)10-17/h3-4,7-8,10,12,15,21,34H,1-2,5-6,9,11,13-14H2,(H,35,38)(H,36,37). The van der Waals surface area contributed by atoms with Crippen molar-refractivity contribution < 1.29 is 35.9 Å². The smallest absolute Gasteiger partial charge is 0.351 e. The SMILES string of the molecule is O=C1Cc2ccc(C(CC3CC3)C3(C(=O)NCc4cc(C(F)(F)F)cc(C(F)(F)F)c4)CCNC3)cc2N1. The van der Waals surface area contributed by atoms with Crippen LogP contribution >= 0.6 is 0 Å². The summed E-state index contributed by atoms with van der Waals surface area (Å²) in [6, 6.07) is 7.04. The summed E-state index contributed by atoms with van der Waals surface area (Å²) in [5.41, 5.74) is -1.58. The van der Waals surface area contributed by atoms with E-state index in [1.807, 2.05) is 18.2 Å². The molecule has 0 radical (unpaired) electrons. The molecule has 0 spiro atoms. The van der Waals surface area contributed by atoms with Crippen molar-refractivity contribution in [1.82, 2.24) is 10.6 Å². The molecular weight excluding hydrogens is 512 g/mol. The second-order valence-corrected chi connectivity index (χ2v) is 10.6. The van der Waals surface area contributed by atoms with Crippen LogP contribution in [0.15, 0.2) is 36.4 Å². The molecular formula is C27H27F6N3O2. The molecule has 204 valence electrons. The first-order valence-electron chi connectivity index (χ1n) is 12.6. The first kappa shape index (κ1) is 26.5. The lowest BCUT2D eigenvalue weighted by Gasteiger charge is -2.36. The number of rotatable bonds is 7. The number of alkyl halides is 6. The van der Waals surface area contributed by atoms with Gasteiger partial charge in [0.1, 0.15) is 0 Å². The number of nitrogens with one attached hydrogen (secondary N) is 3. The van der Waals surface area contributed by atoms with Crippen LogP contribution in [0.25, 0.3) is 0 Å². The van der Waals surface area contributed by atoms with Crippen LogP contribution in [0, 0.1) is 11.3 Å². The molecule has 1 saturated carbocycles. The van der Waals surface area contributed by atoms with E-state index in [2.05, 4.69) is 16.0 Å². The van der Waals surface area contributed by atoms with Crippen molar-refractivity contribution in [3.8, 4) is 0 Å². The van der Waals surface area contributed by atoms with Gasteiger partial charge in [0.05, 0.1) is 23.0 Å². The molecule has 2 aromatic carbocycles. The molecule has 2 aromatic rings. The van der Waals surface area contributed by atoms with E-state index in [0.29, 0.717) is 43.2 Å². The fraction of sp³-hybridized carbons (Fsp3) is 0.481. The Balaban J connectivity index is 1.43. The van der Waals surface area contributed by atoms with E-state index >= 15 is 0 Å². The van der Waals surface area contributed by atoms with Crippen LogP contribution in [-0.2, 0) is 34.9 Å². The molecule has 2 fully saturated rings. The van der Waals surface area contributed by atoms with E-state index in [9.17, 15) is 35.9 Å². The van der Waals surface area contributed by atoms with Crippen LogP contribution in [0.5, 0.6) is 0 Å². The minimum Gasteiger partial charge on any atom is -0.351 e. The summed E-state index contributed by atoms with van der Waals surface area (Å²) in [5, 5.41) is 8.72. The van der Waals surface area contributed by atoms with Gasteiger partial charge in [-0.2, -0.15) is 26.3 Å². The lowest BCUT2D eigenvalue weighted by Crippen LogP contribution is -2.46. The molecule has 3 aliphatic rings. The van der Waals surface area contributed by atoms with Crippen LogP contribution in [0.1, 0.15) is 59.4 Å². The number of carbonyl (C=O) groups excluding carboxylic acids is 2. The van der Waals surface area contributed by atoms with Gasteiger partial charge in [-0.25, -0.2) is 0 Å². The Morgan fingerprint density at radius 3 is 2.29 bits per heavy atom. The average Bonchev–Trinajstić information content (AvgIpc) is 3.38. The van der Waals surface area contributed by atoms with E-state index in [4.69, 9.17) is 0 Å². The molecule has 2 aliphatic heterocycles. The lowest BCUT2D eigenvalue weighted by atomic mass is 9.68. The van der Waals surface area contributed by atoms with E-state index < -0.39 is 41.3 Å². The molecule has 0 aromatic heterocycles. The maximum atomic E-state index is 13.7. The van der Waals surface area contributed by atoms with Crippen molar-refractivity contribution in [1.29, 1.82) is 0 Å². The highest BCUT2D eigenvalue weighted by molar-refractivity contribution is 5.99. The highest BCUT2D eigenvalue weighted by Gasteiger charge is 2.50. The van der Waals surface area contributed by atoms with Gasteiger partial charge in [0.2, 0.25) is 11.8 Å². The lowest BCUT2D eigenvalue weighted by molar-refractivity contribution is -0.143. The maximum absolute atomic E-state index is 13.7. The van der Waals surface area contributed by atoms with Gasteiger partial charge in [0.15, 0.2) is 0 Å². The van der Waals surface area contributed by atoms with Crippen LogP contribution < -0.4 is 16.0 Å². The molecule has 2 heterocycles. The fourth-order valence-corrected chi connectivity index (χ4v) is 5.66. The Labute approximate surface area is 215 Å². The van der Waals surface area contributed by atoms with Crippen molar-refractivity contribution in [2.45, 2.75) is 56.9 Å². The molecule has 38 heavy (non-hydrogen) atoms. The number of anilines is 1. The highest BCUT2D eigenvalue weighted by Crippen LogP contribution is 2.50. The van der Waals surface area contributed by atoms with Crippen molar-refractivity contribution >= 4 is 17.5 Å². The third kappa shape index (κ3) is 5.39. The van der Waals surface area contributed by atoms with Crippen molar-refractivity contribution in [2.24, 2.45) is 11.3 Å². The van der Waals surface area contributed by atoms with Crippen LogP contribution in [0.2, 0.25) is 0 Å². The van der Waals surface area contributed by atoms with Crippen LogP contribution in [0.4, 0.5) is 32.0 Å². The third-order valence-corrected chi connectivity index (χ3v) is 7.84. The van der Waals surface area contributed by atoms with Gasteiger partial charge in [0.25, 0.3) is 0 Å². The van der Waals surface area contributed by atoms with Gasteiger partial charge in [-0.1, -0.05) is 25.0 Å². The Morgan fingerprint density at radius 2 is 1.71 bits per heavy atom. The van der Waals surface area contributed by atoms with Crippen molar-refractivity contribution in [2.75, 3.05) is 18.4 Å². The van der Waals surface area contributed by atoms with E-state index in [1.54, 1.807) is 0 Å². The number of benzene rings is 2. The summed E-state index contributed by atoms with van der Waals surface area (Å²) < 4.78 is 79.8. The van der Waals surface area contributed by atoms with Gasteiger partial charge >= 0.3 is 12.4 Å². The topological polar surface area (TPSA) is 70.2 Å². The zero-order chi connectivity index (χ0) is 27.3. The molecule has 1 saturated heterocycles. The predicted octanol–water partition coefficient (Wildman–Crippen LogP) is 5.40. The van der Waals surface area contributed by atoms with Gasteiger partial charge in [-0.15, -0.1) is 0 Å². The molecule has 1 aliphatic carbocycles. The second-order valence-electron chi connectivity index (χ2n) is 10.6. The second kappa shape index (κ2) is 9.59. The Morgan fingerprint density at radius 1 is 1.03 bits per heavy atom. The van der Waals surface area contributed by atoms with Gasteiger partial charge < -0.3 is 16.0 Å². The molecule has 5 nitrogen and oxygen atoms in total. The van der Waals surface area contributed by atoms with Gasteiger partial charge in [-0.3, -0.25) is 9.59 Å². The van der Waals surface area contributed by atoms with E-state index in [-0.39, 0.29) is 29.9 Å². The van der Waals surface area contributed by atoms with Crippen LogP contribution in [0.3, 0.4) is 0 Å². The molecule has 0 bridgehead atoms. The third-order valence-electron chi connectivity index (χ3n) is 7.84. The zero-order valence-corrected chi connectivity index (χ0v) is 20.4. The number of hydrogen-bond donors (Lipinski definition) is 3. The Bertz CT molecular complexity index is 1210. The van der Waals surface area contributed by atoms with Crippen molar-refractivity contribution in [3.63, 3.8) is 0 Å². The summed E-state index contributed by atoms with van der Waals surface area (Å²) in [7, 11) is 0. The largest absolute Gasteiger partial charge is 0.416 e. The van der Waals surface area contributed by atoms with Crippen LogP contribution in [-0.4, -0.2) is 24.9 Å². The summed E-state index contributed by atoms with van der Waals surface area (Å²) in [6.45, 7) is 0.415. The molecule has 2 atom stereocenters. The molecule has 2 unspecified atom stereocenters. The number of halogens is 6. The van der Waals surface area contributed by atoms with Gasteiger partial charge in [0, 0.05) is 18.8 Å². The summed E-state index contributed by atoms with van der Waals surface area (Å²) in [4.78, 5) is 25.6. The number of amides is 2. The minimum absolute atomic E-state index is 0.0754. The molecule has 3 N–H and O–H groups in total. The van der Waals surface area contributed by atoms with E-state index in [1.165, 1.54) is 0 Å². The summed E-state index contributed by atoms with van der Waals surface area (Å²) in [5.74, 6) is -0.320. The Kier molecular flexibility index (Phi) is 6.69. The average molecular weight is 540 g/mol. The van der Waals surface area contributed by atoms with E-state index in [0.717, 1.165) is 30.4 Å². The fourth-order valence-electron chi connectivity index (χ4n) is 5.66. The summed E-state index contributed by atoms with van der Waals surface area (Å²) in [6.07, 6.45) is -6.38. The molecule has 5 rings (SSSR count). The van der Waals surface area contributed by atoms with Crippen molar-refractivity contribution in [3.05, 3.63) is 64.2 Å². The normalized spacial score (nSPS) is 22.2. The predicted molar refractivity (Wildman–Crippen MR) is 127 cm³/mol. The highest BCUT2D eigenvalue weighted by atomic mass is 19.4. The first-order chi connectivity index (χ1) is 17.8. The number of carbonyl (C=O) groups is 2. The summed E-state index contributed by atoms with van der Waals surface area (Å²) >= 11 is 0. The minimum atomic E-state index is -4.96. The van der Waals surface area contributed by atoms with Gasteiger partial charge in [-0.05, 0) is 72.2 Å². The zero-order valence-electron chi connectivity index (χ0n) is 20.4. The first-order valence-corrected chi connectivity index (χ1v) is 12.6. The monoisotopic (exact) mass is 539 g/mol.